The molecule has 0 radical (unpaired) electrons. The van der Waals surface area contributed by atoms with Gasteiger partial charge in [-0.1, -0.05) is 0 Å². The first-order chi connectivity index (χ1) is 13.3. The van der Waals surface area contributed by atoms with Crippen molar-refractivity contribution in [2.75, 3.05) is 20.2 Å². The van der Waals surface area contributed by atoms with E-state index < -0.39 is 10.0 Å². The lowest BCUT2D eigenvalue weighted by molar-refractivity contribution is 0.0954. The van der Waals surface area contributed by atoms with Crippen molar-refractivity contribution < 1.29 is 17.9 Å². The van der Waals surface area contributed by atoms with E-state index in [0.717, 1.165) is 22.2 Å². The molecule has 0 unspecified atom stereocenters. The van der Waals surface area contributed by atoms with Crippen LogP contribution in [0.1, 0.15) is 21.5 Å². The van der Waals surface area contributed by atoms with Crippen LogP contribution in [-0.4, -0.2) is 44.5 Å². The minimum Gasteiger partial charge on any atom is -0.495 e. The number of aryl methyl sites for hydroxylation is 2. The number of hydrogen-bond donors (Lipinski definition) is 3. The summed E-state index contributed by atoms with van der Waals surface area (Å²) in [4.78, 5) is 19.4. The van der Waals surface area contributed by atoms with Crippen LogP contribution in [0.5, 0.6) is 5.75 Å². The van der Waals surface area contributed by atoms with Gasteiger partial charge in [-0.25, -0.2) is 18.1 Å². The highest BCUT2D eigenvalue weighted by molar-refractivity contribution is 7.89. The van der Waals surface area contributed by atoms with Crippen LogP contribution in [0.3, 0.4) is 0 Å². The molecule has 0 bridgehead atoms. The van der Waals surface area contributed by atoms with E-state index in [1.54, 1.807) is 36.7 Å². The third-order valence-corrected chi connectivity index (χ3v) is 5.94. The van der Waals surface area contributed by atoms with Gasteiger partial charge in [0, 0.05) is 18.7 Å². The molecule has 8 nitrogen and oxygen atoms in total. The number of carbonyl (C=O) groups is 1. The van der Waals surface area contributed by atoms with Crippen LogP contribution >= 0.6 is 0 Å². The summed E-state index contributed by atoms with van der Waals surface area (Å²) in [6.45, 7) is 3.92. The Morgan fingerprint density at radius 1 is 1.14 bits per heavy atom. The van der Waals surface area contributed by atoms with Crippen LogP contribution in [0.25, 0.3) is 11.0 Å². The van der Waals surface area contributed by atoms with Gasteiger partial charge >= 0.3 is 0 Å². The molecule has 0 aliphatic carbocycles. The van der Waals surface area contributed by atoms with Gasteiger partial charge in [0.15, 0.2) is 0 Å². The van der Waals surface area contributed by atoms with Crippen LogP contribution in [0.4, 0.5) is 0 Å². The Hall–Kier alpha value is -2.91. The molecule has 1 amide bonds. The van der Waals surface area contributed by atoms with Crippen molar-refractivity contribution in [3.63, 3.8) is 0 Å². The van der Waals surface area contributed by atoms with E-state index in [1.807, 2.05) is 13.8 Å². The molecule has 3 rings (SSSR count). The number of sulfonamides is 1. The summed E-state index contributed by atoms with van der Waals surface area (Å²) in [5, 5.41) is 2.70. The molecule has 0 aliphatic heterocycles. The molecule has 0 saturated carbocycles. The fourth-order valence-corrected chi connectivity index (χ4v) is 4.02. The van der Waals surface area contributed by atoms with Crippen molar-refractivity contribution in [3.8, 4) is 5.75 Å². The molecule has 0 spiro atoms. The van der Waals surface area contributed by atoms with E-state index in [0.29, 0.717) is 5.56 Å². The van der Waals surface area contributed by atoms with Gasteiger partial charge in [0.1, 0.15) is 10.6 Å². The second-order valence-electron chi connectivity index (χ2n) is 6.38. The molecule has 2 aromatic carbocycles. The molecule has 28 heavy (non-hydrogen) atoms. The highest BCUT2D eigenvalue weighted by Gasteiger charge is 2.20. The third kappa shape index (κ3) is 4.15. The molecular weight excluding hydrogens is 380 g/mol. The van der Waals surface area contributed by atoms with Gasteiger partial charge in [-0.2, -0.15) is 0 Å². The molecule has 0 aliphatic rings. The average molecular weight is 402 g/mol. The van der Waals surface area contributed by atoms with Crippen LogP contribution < -0.4 is 14.8 Å². The Bertz CT molecular complexity index is 1120. The van der Waals surface area contributed by atoms with Gasteiger partial charge in [0.05, 0.1) is 24.5 Å². The van der Waals surface area contributed by atoms with Crippen molar-refractivity contribution in [1.82, 2.24) is 20.0 Å². The van der Waals surface area contributed by atoms with Crippen molar-refractivity contribution in [3.05, 3.63) is 53.3 Å². The predicted octanol–water partition coefficient (Wildman–Crippen LogP) is 1.90. The number of methoxy groups -OCH3 is 1. The second kappa shape index (κ2) is 7.99. The molecular formula is C19H22N4O4S. The van der Waals surface area contributed by atoms with E-state index >= 15 is 0 Å². The van der Waals surface area contributed by atoms with Crippen LogP contribution in [0, 0.1) is 13.8 Å². The summed E-state index contributed by atoms with van der Waals surface area (Å²) in [6, 6.07) is 8.38. The number of aromatic amines is 1. The number of fused-ring (bicyclic) bond motifs is 1. The van der Waals surface area contributed by atoms with Crippen molar-refractivity contribution in [2.45, 2.75) is 18.7 Å². The van der Waals surface area contributed by atoms with E-state index in [1.165, 1.54) is 7.11 Å². The number of hydrogen-bond acceptors (Lipinski definition) is 5. The molecule has 3 aromatic rings. The Kier molecular flexibility index (Phi) is 5.66. The maximum absolute atomic E-state index is 12.6. The second-order valence-corrected chi connectivity index (χ2v) is 8.11. The van der Waals surface area contributed by atoms with E-state index in [-0.39, 0.29) is 29.6 Å². The number of aromatic nitrogens is 2. The molecule has 9 heteroatoms. The molecule has 0 saturated heterocycles. The minimum absolute atomic E-state index is 0.0520. The van der Waals surface area contributed by atoms with Gasteiger partial charge in [-0.3, -0.25) is 4.79 Å². The smallest absolute Gasteiger partial charge is 0.251 e. The molecule has 148 valence electrons. The number of imidazole rings is 1. The number of nitrogens with zero attached hydrogens (tertiary/aromatic N) is 1. The Morgan fingerprint density at radius 3 is 2.64 bits per heavy atom. The van der Waals surface area contributed by atoms with Crippen LogP contribution in [0.2, 0.25) is 0 Å². The Labute approximate surface area is 163 Å². The fraction of sp³-hybridized carbons (Fsp3) is 0.263. The first-order valence-electron chi connectivity index (χ1n) is 8.68. The highest BCUT2D eigenvalue weighted by Crippen LogP contribution is 2.27. The lowest BCUT2D eigenvalue weighted by atomic mass is 10.1. The zero-order chi connectivity index (χ0) is 20.3. The molecule has 0 atom stereocenters. The number of ether oxygens (including phenoxy) is 1. The lowest BCUT2D eigenvalue weighted by Gasteiger charge is -2.13. The summed E-state index contributed by atoms with van der Waals surface area (Å²) in [5.41, 5.74) is 3.79. The number of amides is 1. The van der Waals surface area contributed by atoms with Crippen molar-refractivity contribution >= 4 is 27.0 Å². The average Bonchev–Trinajstić information content (AvgIpc) is 3.14. The SMILES string of the molecule is COc1cc(C)c(C)cc1S(=O)(=O)NCCNC(=O)c1ccc2nc[nH]c2c1. The number of carbonyl (C=O) groups excluding carboxylic acids is 1. The molecule has 1 aromatic heterocycles. The van der Waals surface area contributed by atoms with E-state index in [2.05, 4.69) is 20.0 Å². The monoisotopic (exact) mass is 402 g/mol. The summed E-state index contributed by atoms with van der Waals surface area (Å²) >= 11 is 0. The summed E-state index contributed by atoms with van der Waals surface area (Å²) in [5.74, 6) is -0.00745. The van der Waals surface area contributed by atoms with Gasteiger partial charge in [-0.05, 0) is 55.3 Å². The number of H-pyrrole nitrogens is 1. The van der Waals surface area contributed by atoms with Gasteiger partial charge < -0.3 is 15.0 Å². The Balaban J connectivity index is 1.61. The minimum atomic E-state index is -3.77. The summed E-state index contributed by atoms with van der Waals surface area (Å²) < 4.78 is 32.9. The summed E-state index contributed by atoms with van der Waals surface area (Å²) in [7, 11) is -2.34. The first-order valence-corrected chi connectivity index (χ1v) is 10.2. The number of nitrogens with one attached hydrogen (secondary N) is 3. The third-order valence-electron chi connectivity index (χ3n) is 4.45. The zero-order valence-electron chi connectivity index (χ0n) is 15.9. The maximum atomic E-state index is 12.6. The van der Waals surface area contributed by atoms with E-state index in [4.69, 9.17) is 4.74 Å². The van der Waals surface area contributed by atoms with Crippen LogP contribution in [0.15, 0.2) is 41.6 Å². The lowest BCUT2D eigenvalue weighted by Crippen LogP contribution is -2.34. The summed E-state index contributed by atoms with van der Waals surface area (Å²) in [6.07, 6.45) is 1.56. The van der Waals surface area contributed by atoms with E-state index in [9.17, 15) is 13.2 Å². The topological polar surface area (TPSA) is 113 Å². The van der Waals surface area contributed by atoms with Crippen molar-refractivity contribution in [1.29, 1.82) is 0 Å². The predicted molar refractivity (Wildman–Crippen MR) is 106 cm³/mol. The Morgan fingerprint density at radius 2 is 1.89 bits per heavy atom. The van der Waals surface area contributed by atoms with Gasteiger partial charge in [0.25, 0.3) is 5.91 Å². The van der Waals surface area contributed by atoms with Gasteiger partial charge in [-0.15, -0.1) is 0 Å². The number of benzene rings is 2. The maximum Gasteiger partial charge on any atom is 0.251 e. The zero-order valence-corrected chi connectivity index (χ0v) is 16.7. The molecule has 0 fully saturated rings. The van der Waals surface area contributed by atoms with Crippen LogP contribution in [-0.2, 0) is 10.0 Å². The standard InChI is InChI=1S/C19H22N4O4S/c1-12-8-17(27-3)18(9-13(12)2)28(25,26)23-7-6-20-19(24)14-4-5-15-16(10-14)22-11-21-15/h4-5,8-11,23H,6-7H2,1-3H3,(H,20,24)(H,21,22). The largest absolute Gasteiger partial charge is 0.495 e. The molecule has 3 N–H and O–H groups in total. The number of rotatable bonds is 7. The van der Waals surface area contributed by atoms with Crippen molar-refractivity contribution in [2.24, 2.45) is 0 Å². The quantitative estimate of drug-likeness (QED) is 0.523. The highest BCUT2D eigenvalue weighted by atomic mass is 32.2. The normalized spacial score (nSPS) is 11.5. The first kappa shape index (κ1) is 19.8. The molecule has 1 heterocycles. The fourth-order valence-electron chi connectivity index (χ4n) is 2.75. The van der Waals surface area contributed by atoms with Gasteiger partial charge in [0.2, 0.25) is 10.0 Å².